The first-order valence-electron chi connectivity index (χ1n) is 6.31. The van der Waals surface area contributed by atoms with E-state index in [2.05, 4.69) is 5.32 Å². The van der Waals surface area contributed by atoms with E-state index in [0.717, 1.165) is 12.8 Å². The zero-order chi connectivity index (χ0) is 14.0. The lowest BCUT2D eigenvalue weighted by Crippen LogP contribution is -2.41. The van der Waals surface area contributed by atoms with Crippen LogP contribution in [0.4, 0.5) is 0 Å². The fourth-order valence-corrected chi connectivity index (χ4v) is 1.99. The third kappa shape index (κ3) is 3.24. The molecule has 0 aliphatic heterocycles. The first kappa shape index (κ1) is 13.4. The van der Waals surface area contributed by atoms with Crippen molar-refractivity contribution in [2.45, 2.75) is 32.2 Å². The van der Waals surface area contributed by atoms with E-state index >= 15 is 0 Å². The average Bonchev–Trinajstić information content (AvgIpc) is 3.15. The Morgan fingerprint density at radius 1 is 1.42 bits per heavy atom. The minimum Gasteiger partial charge on any atom is -0.507 e. The molecule has 1 aliphatic rings. The topological polar surface area (TPSA) is 86.6 Å². The highest BCUT2D eigenvalue weighted by atomic mass is 16.4. The minimum absolute atomic E-state index is 0.101. The maximum atomic E-state index is 12.0. The molecule has 19 heavy (non-hydrogen) atoms. The normalized spacial score (nSPS) is 15.8. The predicted octanol–water partition coefficient (Wildman–Crippen LogP) is 1.68. The molecule has 1 aromatic rings. The summed E-state index contributed by atoms with van der Waals surface area (Å²) in [4.78, 5) is 23.1. The van der Waals surface area contributed by atoms with E-state index in [-0.39, 0.29) is 11.3 Å². The van der Waals surface area contributed by atoms with Crippen molar-refractivity contribution < 1.29 is 19.8 Å². The molecule has 1 aliphatic carbocycles. The van der Waals surface area contributed by atoms with Gasteiger partial charge < -0.3 is 15.5 Å². The second-order valence-electron chi connectivity index (χ2n) is 5.01. The molecule has 3 N–H and O–H groups in total. The van der Waals surface area contributed by atoms with Gasteiger partial charge in [0.25, 0.3) is 5.91 Å². The van der Waals surface area contributed by atoms with Gasteiger partial charge in [-0.25, -0.2) is 4.79 Å². The number of carboxylic acid groups (broad SMARTS) is 1. The van der Waals surface area contributed by atoms with Crippen LogP contribution in [-0.4, -0.2) is 28.1 Å². The number of rotatable bonds is 5. The molecule has 0 aromatic heterocycles. The van der Waals surface area contributed by atoms with E-state index in [1.807, 2.05) is 0 Å². The van der Waals surface area contributed by atoms with Crippen molar-refractivity contribution in [2.24, 2.45) is 5.92 Å². The molecule has 0 bridgehead atoms. The minimum atomic E-state index is -1.03. The maximum Gasteiger partial charge on any atom is 0.326 e. The summed E-state index contributed by atoms with van der Waals surface area (Å²) >= 11 is 0. The van der Waals surface area contributed by atoms with Gasteiger partial charge in [0.2, 0.25) is 0 Å². The number of phenols is 1. The summed E-state index contributed by atoms with van der Waals surface area (Å²) in [6.07, 6.45) is 2.50. The van der Waals surface area contributed by atoms with E-state index in [9.17, 15) is 14.7 Å². The molecule has 0 heterocycles. The zero-order valence-corrected chi connectivity index (χ0v) is 10.7. The Morgan fingerprint density at radius 3 is 2.68 bits per heavy atom. The van der Waals surface area contributed by atoms with Crippen LogP contribution in [0.2, 0.25) is 0 Å². The van der Waals surface area contributed by atoms with Crippen molar-refractivity contribution in [2.75, 3.05) is 0 Å². The smallest absolute Gasteiger partial charge is 0.326 e. The fraction of sp³-hybridized carbons (Fsp3) is 0.429. The SMILES string of the molecule is Cc1cccc(C(=O)NC(CC2CC2)C(=O)O)c1O. The van der Waals surface area contributed by atoms with Crippen LogP contribution in [0.5, 0.6) is 5.75 Å². The third-order valence-electron chi connectivity index (χ3n) is 3.35. The molecule has 1 saturated carbocycles. The fourth-order valence-electron chi connectivity index (χ4n) is 1.99. The lowest BCUT2D eigenvalue weighted by Gasteiger charge is -2.15. The van der Waals surface area contributed by atoms with E-state index in [0.29, 0.717) is 17.9 Å². The number of nitrogens with one attached hydrogen (secondary N) is 1. The predicted molar refractivity (Wildman–Crippen MR) is 69.1 cm³/mol. The molecule has 5 nitrogen and oxygen atoms in total. The van der Waals surface area contributed by atoms with E-state index in [1.54, 1.807) is 19.1 Å². The number of aliphatic carboxylic acids is 1. The summed E-state index contributed by atoms with van der Waals surface area (Å²) < 4.78 is 0. The lowest BCUT2D eigenvalue weighted by atomic mass is 10.1. The molecule has 0 spiro atoms. The zero-order valence-electron chi connectivity index (χ0n) is 10.7. The van der Waals surface area contributed by atoms with Crippen molar-refractivity contribution in [3.8, 4) is 5.75 Å². The van der Waals surface area contributed by atoms with Gasteiger partial charge in [0.05, 0.1) is 5.56 Å². The number of aromatic hydroxyl groups is 1. The summed E-state index contributed by atoms with van der Waals surface area (Å²) in [5.41, 5.74) is 0.698. The summed E-state index contributed by atoms with van der Waals surface area (Å²) in [6, 6.07) is 3.93. The molecular weight excluding hydrogens is 246 g/mol. The molecule has 2 rings (SSSR count). The molecule has 1 aromatic carbocycles. The molecule has 0 saturated heterocycles. The summed E-state index contributed by atoms with van der Waals surface area (Å²) in [5, 5.41) is 21.4. The van der Waals surface area contributed by atoms with Gasteiger partial charge in [-0.15, -0.1) is 0 Å². The van der Waals surface area contributed by atoms with Gasteiger partial charge in [0.1, 0.15) is 11.8 Å². The second-order valence-corrected chi connectivity index (χ2v) is 5.01. The van der Waals surface area contributed by atoms with Crippen molar-refractivity contribution in [3.63, 3.8) is 0 Å². The number of para-hydroxylation sites is 1. The number of amides is 1. The molecule has 1 fully saturated rings. The first-order valence-corrected chi connectivity index (χ1v) is 6.31. The molecular formula is C14H17NO4. The maximum absolute atomic E-state index is 12.0. The van der Waals surface area contributed by atoms with E-state index < -0.39 is 17.9 Å². The highest BCUT2D eigenvalue weighted by Crippen LogP contribution is 2.33. The van der Waals surface area contributed by atoms with Crippen LogP contribution in [0.25, 0.3) is 0 Å². The highest BCUT2D eigenvalue weighted by Gasteiger charge is 2.30. The van der Waals surface area contributed by atoms with E-state index in [1.165, 1.54) is 6.07 Å². The molecule has 102 valence electrons. The number of phenolic OH excluding ortho intramolecular Hbond substituents is 1. The summed E-state index contributed by atoms with van der Waals surface area (Å²) in [5.74, 6) is -1.29. The number of hydrogen-bond acceptors (Lipinski definition) is 3. The Morgan fingerprint density at radius 2 is 2.11 bits per heavy atom. The quantitative estimate of drug-likeness (QED) is 0.754. The summed E-state index contributed by atoms with van der Waals surface area (Å²) in [6.45, 7) is 1.69. The van der Waals surface area contributed by atoms with Crippen LogP contribution in [0.3, 0.4) is 0 Å². The van der Waals surface area contributed by atoms with Gasteiger partial charge in [-0.1, -0.05) is 25.0 Å². The summed E-state index contributed by atoms with van der Waals surface area (Å²) in [7, 11) is 0. The number of hydrogen-bond donors (Lipinski definition) is 3. The van der Waals surface area contributed by atoms with Crippen molar-refractivity contribution in [1.82, 2.24) is 5.32 Å². The van der Waals surface area contributed by atoms with Crippen LogP contribution in [0.15, 0.2) is 18.2 Å². The van der Waals surface area contributed by atoms with Gasteiger partial charge >= 0.3 is 5.97 Å². The molecule has 1 atom stereocenters. The van der Waals surface area contributed by atoms with E-state index in [4.69, 9.17) is 5.11 Å². The Hall–Kier alpha value is -2.04. The standard InChI is InChI=1S/C14H17NO4/c1-8-3-2-4-10(12(8)16)13(17)15-11(14(18)19)7-9-5-6-9/h2-4,9,11,16H,5-7H2,1H3,(H,15,17)(H,18,19). The number of aryl methyl sites for hydroxylation is 1. The van der Waals surface area contributed by atoms with Gasteiger partial charge in [-0.05, 0) is 30.9 Å². The van der Waals surface area contributed by atoms with Gasteiger partial charge in [0.15, 0.2) is 0 Å². The third-order valence-corrected chi connectivity index (χ3v) is 3.35. The van der Waals surface area contributed by atoms with Crippen LogP contribution in [0, 0.1) is 12.8 Å². The number of carbonyl (C=O) groups excluding carboxylic acids is 1. The monoisotopic (exact) mass is 263 g/mol. The molecule has 1 unspecified atom stereocenters. The largest absolute Gasteiger partial charge is 0.507 e. The number of carboxylic acids is 1. The Balaban J connectivity index is 2.09. The Bertz CT molecular complexity index is 508. The van der Waals surface area contributed by atoms with Crippen molar-refractivity contribution >= 4 is 11.9 Å². The van der Waals surface area contributed by atoms with Crippen LogP contribution in [0.1, 0.15) is 35.2 Å². The van der Waals surface area contributed by atoms with Gasteiger partial charge in [0, 0.05) is 0 Å². The number of carbonyl (C=O) groups is 2. The molecule has 5 heteroatoms. The Labute approximate surface area is 111 Å². The van der Waals surface area contributed by atoms with Crippen LogP contribution in [-0.2, 0) is 4.79 Å². The first-order chi connectivity index (χ1) is 8.99. The van der Waals surface area contributed by atoms with Crippen molar-refractivity contribution in [1.29, 1.82) is 0 Å². The molecule has 1 amide bonds. The lowest BCUT2D eigenvalue weighted by molar-refractivity contribution is -0.139. The second kappa shape index (κ2) is 5.30. The highest BCUT2D eigenvalue weighted by molar-refractivity contribution is 5.99. The number of benzene rings is 1. The average molecular weight is 263 g/mol. The van der Waals surface area contributed by atoms with Crippen LogP contribution >= 0.6 is 0 Å². The van der Waals surface area contributed by atoms with Crippen LogP contribution < -0.4 is 5.32 Å². The van der Waals surface area contributed by atoms with Gasteiger partial charge in [-0.2, -0.15) is 0 Å². The van der Waals surface area contributed by atoms with Crippen molar-refractivity contribution in [3.05, 3.63) is 29.3 Å². The molecule has 0 radical (unpaired) electrons. The van der Waals surface area contributed by atoms with Gasteiger partial charge in [-0.3, -0.25) is 4.79 Å². The Kier molecular flexibility index (Phi) is 3.74.